The summed E-state index contributed by atoms with van der Waals surface area (Å²) in [6.07, 6.45) is 9.18. The topological polar surface area (TPSA) is 126 Å². The number of benzene rings is 1. The summed E-state index contributed by atoms with van der Waals surface area (Å²) in [5, 5.41) is 2.77. The predicted molar refractivity (Wildman–Crippen MR) is 140 cm³/mol. The third kappa shape index (κ3) is 4.46. The third-order valence-corrected chi connectivity index (χ3v) is 6.57. The maximum atomic E-state index is 13.3. The second-order valence-electron chi connectivity index (χ2n) is 8.97. The number of quaternary nitrogens is 1. The molecule has 0 bridgehead atoms. The van der Waals surface area contributed by atoms with Crippen LogP contribution < -0.4 is 11.2 Å². The Balaban J connectivity index is 1.57. The first-order chi connectivity index (χ1) is 17.9. The van der Waals surface area contributed by atoms with E-state index < -0.39 is 0 Å². The average Bonchev–Trinajstić information content (AvgIpc) is 3.21. The van der Waals surface area contributed by atoms with E-state index in [1.807, 2.05) is 19.1 Å². The van der Waals surface area contributed by atoms with E-state index in [1.165, 1.54) is 0 Å². The van der Waals surface area contributed by atoms with Gasteiger partial charge in [0.25, 0.3) is 17.6 Å². The average molecular weight is 496 g/mol. The van der Waals surface area contributed by atoms with Crippen molar-refractivity contribution in [2.75, 3.05) is 11.9 Å². The van der Waals surface area contributed by atoms with Gasteiger partial charge in [0, 0.05) is 18.4 Å². The molecule has 1 aromatic carbocycles. The van der Waals surface area contributed by atoms with E-state index in [-0.39, 0.29) is 28.4 Å². The van der Waals surface area contributed by atoms with Crippen molar-refractivity contribution in [3.05, 3.63) is 77.1 Å². The zero-order chi connectivity index (χ0) is 26.0. The van der Waals surface area contributed by atoms with E-state index in [0.29, 0.717) is 34.9 Å². The number of piperidine rings is 1. The summed E-state index contributed by atoms with van der Waals surface area (Å²) in [5.74, 6) is 12.4. The minimum atomic E-state index is -0.382. The highest BCUT2D eigenvalue weighted by atomic mass is 16.2. The van der Waals surface area contributed by atoms with E-state index in [4.69, 9.17) is 10.8 Å². The molecule has 37 heavy (non-hydrogen) atoms. The molecular formula is C27H27N8O2+. The molecule has 3 aliphatic rings. The number of rotatable bonds is 4. The fourth-order valence-corrected chi connectivity index (χ4v) is 4.82. The number of nitrogens with two attached hydrogens (primary N) is 1. The molecule has 0 aliphatic carbocycles. The van der Waals surface area contributed by atoms with Gasteiger partial charge >= 0.3 is 0 Å². The van der Waals surface area contributed by atoms with Gasteiger partial charge in [-0.15, -0.1) is 4.59 Å². The van der Waals surface area contributed by atoms with Crippen molar-refractivity contribution in [1.29, 1.82) is 0 Å². The van der Waals surface area contributed by atoms with Crippen molar-refractivity contribution in [2.45, 2.75) is 39.2 Å². The summed E-state index contributed by atoms with van der Waals surface area (Å²) in [6.45, 7) is 4.06. The zero-order valence-corrected chi connectivity index (χ0v) is 20.7. The molecule has 2 atom stereocenters. The second-order valence-corrected chi connectivity index (χ2v) is 8.97. The Morgan fingerprint density at radius 1 is 1.22 bits per heavy atom. The van der Waals surface area contributed by atoms with Crippen molar-refractivity contribution >= 4 is 29.8 Å². The summed E-state index contributed by atoms with van der Waals surface area (Å²) in [5.41, 5.74) is 2.99. The molecule has 0 saturated carbocycles. The molecule has 2 amide bonds. The number of carbonyl (C=O) groups excluding carboxylic acids is 2. The number of allylic oxidation sites excluding steroid dienone is 1. The van der Waals surface area contributed by atoms with E-state index in [9.17, 15) is 9.59 Å². The number of carbonyl (C=O) groups is 2. The fourth-order valence-electron chi connectivity index (χ4n) is 4.82. The lowest BCUT2D eigenvalue weighted by Gasteiger charge is -2.34. The standard InChI is InChI=1S/C27H26N8O2/c1-3-8-23(36)34-15-7-6-11-21(34)24-22-17-29-14-16-35(22,28)25(32-24)19-9-4-5-10-20(19)26(37)33-27-30-13-12-18(2)31-27/h4-5,9-10,12-14,16-17,21H,6-7,11,15,28H2,1-2H3/p+1. The SMILES string of the molecule is CC#CC(=O)N1CCCCC1C1=C2C=NC=C[N+]2(N)C(c2ccccc2C(=O)Nc2nccc(C)n2)=N1. The van der Waals surface area contributed by atoms with E-state index in [1.54, 1.807) is 54.8 Å². The number of nitrogens with zero attached hydrogens (tertiary/aromatic N) is 6. The first-order valence-corrected chi connectivity index (χ1v) is 12.1. The lowest BCUT2D eigenvalue weighted by atomic mass is 9.98. The largest absolute Gasteiger partial charge is 0.323 e. The number of anilines is 1. The van der Waals surface area contributed by atoms with Crippen LogP contribution in [0.2, 0.25) is 0 Å². The summed E-state index contributed by atoms with van der Waals surface area (Å²) < 4.78 is -0.262. The van der Waals surface area contributed by atoms with Crippen LogP contribution in [-0.2, 0) is 4.79 Å². The Kier molecular flexibility index (Phi) is 6.48. The number of aromatic nitrogens is 2. The molecule has 3 N–H and O–H groups in total. The molecule has 4 heterocycles. The second kappa shape index (κ2) is 9.89. The van der Waals surface area contributed by atoms with E-state index >= 15 is 0 Å². The molecule has 10 heteroatoms. The van der Waals surface area contributed by atoms with Gasteiger partial charge in [-0.3, -0.25) is 19.9 Å². The van der Waals surface area contributed by atoms with Gasteiger partial charge in [0.1, 0.15) is 11.9 Å². The third-order valence-electron chi connectivity index (χ3n) is 6.57. The number of aryl methyl sites for hydroxylation is 1. The predicted octanol–water partition coefficient (Wildman–Crippen LogP) is 2.66. The van der Waals surface area contributed by atoms with Crippen LogP contribution in [0.25, 0.3) is 0 Å². The molecule has 1 saturated heterocycles. The molecular weight excluding hydrogens is 468 g/mol. The molecule has 2 unspecified atom stereocenters. The first kappa shape index (κ1) is 24.2. The van der Waals surface area contributed by atoms with Gasteiger partial charge in [0.15, 0.2) is 0 Å². The van der Waals surface area contributed by atoms with Crippen molar-refractivity contribution in [1.82, 2.24) is 14.9 Å². The lowest BCUT2D eigenvalue weighted by Crippen LogP contribution is -2.53. The van der Waals surface area contributed by atoms with Crippen molar-refractivity contribution in [2.24, 2.45) is 15.8 Å². The molecule has 3 aliphatic heterocycles. The number of fused-ring (bicyclic) bond motifs is 1. The van der Waals surface area contributed by atoms with Crippen LogP contribution in [0.5, 0.6) is 0 Å². The minimum Gasteiger partial charge on any atom is -0.323 e. The highest BCUT2D eigenvalue weighted by Crippen LogP contribution is 2.37. The van der Waals surface area contributed by atoms with Gasteiger partial charge in [0.2, 0.25) is 11.6 Å². The van der Waals surface area contributed by atoms with Crippen LogP contribution in [0.15, 0.2) is 70.3 Å². The number of amides is 2. The summed E-state index contributed by atoms with van der Waals surface area (Å²) >= 11 is 0. The lowest BCUT2D eigenvalue weighted by molar-refractivity contribution is -0.750. The molecule has 0 spiro atoms. The van der Waals surface area contributed by atoms with Crippen molar-refractivity contribution in [3.63, 3.8) is 0 Å². The van der Waals surface area contributed by atoms with Crippen LogP contribution in [0.1, 0.15) is 47.8 Å². The molecule has 1 fully saturated rings. The number of amidine groups is 1. The molecule has 0 radical (unpaired) electrons. The van der Waals surface area contributed by atoms with Gasteiger partial charge in [-0.05, 0) is 57.2 Å². The van der Waals surface area contributed by atoms with E-state index in [2.05, 4.69) is 32.1 Å². The quantitative estimate of drug-likeness (QED) is 0.383. The summed E-state index contributed by atoms with van der Waals surface area (Å²) in [6, 6.07) is 8.58. The van der Waals surface area contributed by atoms with Crippen LogP contribution in [0, 0.1) is 18.8 Å². The summed E-state index contributed by atoms with van der Waals surface area (Å²) in [7, 11) is 0. The van der Waals surface area contributed by atoms with Crippen LogP contribution in [-0.4, -0.2) is 55.9 Å². The Bertz CT molecular complexity index is 1460. The van der Waals surface area contributed by atoms with Crippen molar-refractivity contribution in [3.8, 4) is 11.8 Å². The van der Waals surface area contributed by atoms with E-state index in [0.717, 1.165) is 25.0 Å². The molecule has 1 aromatic heterocycles. The Hall–Kier alpha value is -4.46. The van der Waals surface area contributed by atoms with Gasteiger partial charge < -0.3 is 4.90 Å². The summed E-state index contributed by atoms with van der Waals surface area (Å²) in [4.78, 5) is 45.7. The van der Waals surface area contributed by atoms with Gasteiger partial charge in [-0.2, -0.15) is 10.8 Å². The highest BCUT2D eigenvalue weighted by molar-refractivity contribution is 6.13. The maximum absolute atomic E-state index is 13.3. The van der Waals surface area contributed by atoms with Crippen LogP contribution in [0.4, 0.5) is 5.95 Å². The Morgan fingerprint density at radius 3 is 2.86 bits per heavy atom. The number of hydrogen-bond donors (Lipinski definition) is 2. The highest BCUT2D eigenvalue weighted by Gasteiger charge is 2.48. The van der Waals surface area contributed by atoms with Crippen molar-refractivity contribution < 1.29 is 14.2 Å². The van der Waals surface area contributed by atoms with Gasteiger partial charge in [-0.1, -0.05) is 18.1 Å². The van der Waals surface area contributed by atoms with Gasteiger partial charge in [-0.25, -0.2) is 9.97 Å². The normalized spacial score (nSPS) is 22.2. The fraction of sp³-hybridized carbons (Fsp3) is 0.259. The molecule has 5 rings (SSSR count). The number of likely N-dealkylation sites (tertiary alicyclic amines) is 1. The van der Waals surface area contributed by atoms with Gasteiger partial charge in [0.05, 0.1) is 29.6 Å². The minimum absolute atomic E-state index is 0.211. The first-order valence-electron chi connectivity index (χ1n) is 12.1. The molecule has 186 valence electrons. The number of aliphatic imine (C=N–C) groups is 2. The maximum Gasteiger partial charge on any atom is 0.299 e. The zero-order valence-electron chi connectivity index (χ0n) is 20.7. The Labute approximate surface area is 214 Å². The van der Waals surface area contributed by atoms with Crippen LogP contribution in [0.3, 0.4) is 0 Å². The molecule has 2 aromatic rings. The number of hydrogen-bond acceptors (Lipinski definition) is 7. The van der Waals surface area contributed by atoms with Crippen LogP contribution >= 0.6 is 0 Å². The molecule has 10 nitrogen and oxygen atoms in total. The monoisotopic (exact) mass is 495 g/mol. The number of nitrogens with one attached hydrogen (secondary N) is 1. The Morgan fingerprint density at radius 2 is 2.05 bits per heavy atom. The smallest absolute Gasteiger partial charge is 0.299 e.